The Morgan fingerprint density at radius 2 is 1.74 bits per heavy atom. The van der Waals surface area contributed by atoms with Crippen molar-refractivity contribution in [3.8, 4) is 0 Å². The van der Waals surface area contributed by atoms with E-state index in [2.05, 4.69) is 21.3 Å². The number of carbonyl (C=O) groups is 1. The van der Waals surface area contributed by atoms with Gasteiger partial charge in [-0.05, 0) is 53.4 Å². The molecular formula is C13H30N4O2. The van der Waals surface area contributed by atoms with E-state index in [1.165, 1.54) is 0 Å². The molecule has 0 aromatic carbocycles. The number of amides is 1. The van der Waals surface area contributed by atoms with Crippen LogP contribution in [0, 0.1) is 0 Å². The highest BCUT2D eigenvalue weighted by molar-refractivity contribution is 5.81. The summed E-state index contributed by atoms with van der Waals surface area (Å²) in [6.07, 6.45) is 3.88. The topological polar surface area (TPSA) is 85.4 Å². The van der Waals surface area contributed by atoms with Crippen LogP contribution in [0.4, 0.5) is 0 Å². The fourth-order valence-electron chi connectivity index (χ4n) is 1.83. The zero-order chi connectivity index (χ0) is 14.5. The highest BCUT2D eigenvalue weighted by Crippen LogP contribution is 2.01. The predicted octanol–water partition coefficient (Wildman–Crippen LogP) is -0.602. The van der Waals surface area contributed by atoms with Crippen LogP contribution in [0.15, 0.2) is 0 Å². The number of likely N-dealkylation sites (N-methyl/N-ethyl adjacent to an activating group) is 1. The molecule has 0 saturated heterocycles. The minimum absolute atomic E-state index is 0.0471. The van der Waals surface area contributed by atoms with E-state index in [1.807, 2.05) is 14.1 Å². The molecule has 0 aliphatic rings. The zero-order valence-electron chi connectivity index (χ0n) is 12.5. The predicted molar refractivity (Wildman–Crippen MR) is 77.9 cm³/mol. The van der Waals surface area contributed by atoms with Crippen molar-refractivity contribution < 1.29 is 9.90 Å². The molecule has 0 aliphatic carbocycles. The van der Waals surface area contributed by atoms with Crippen LogP contribution >= 0.6 is 0 Å². The Kier molecular flexibility index (Phi) is 11.9. The van der Waals surface area contributed by atoms with Gasteiger partial charge < -0.3 is 21.1 Å². The van der Waals surface area contributed by atoms with E-state index in [4.69, 9.17) is 0 Å². The number of unbranched alkanes of at least 4 members (excludes halogenated alkanes) is 1. The number of carbonyl (C=O) groups excluding carboxylic acids is 1. The van der Waals surface area contributed by atoms with Gasteiger partial charge in [0.1, 0.15) is 6.23 Å². The van der Waals surface area contributed by atoms with Gasteiger partial charge in [-0.25, -0.2) is 0 Å². The lowest BCUT2D eigenvalue weighted by Crippen LogP contribution is -2.43. The molecule has 0 aromatic rings. The van der Waals surface area contributed by atoms with Gasteiger partial charge in [0.2, 0.25) is 5.91 Å². The summed E-state index contributed by atoms with van der Waals surface area (Å²) in [5.74, 6) is 0.0471. The van der Waals surface area contributed by atoms with E-state index in [0.29, 0.717) is 13.0 Å². The second-order valence-corrected chi connectivity index (χ2v) is 4.68. The molecule has 114 valence electrons. The second kappa shape index (κ2) is 12.3. The average molecular weight is 274 g/mol. The van der Waals surface area contributed by atoms with E-state index >= 15 is 0 Å². The van der Waals surface area contributed by atoms with E-state index in [-0.39, 0.29) is 11.9 Å². The normalized spacial score (nSPS) is 14.1. The Morgan fingerprint density at radius 1 is 1.00 bits per heavy atom. The summed E-state index contributed by atoms with van der Waals surface area (Å²) < 4.78 is 0. The first-order chi connectivity index (χ1) is 9.15. The largest absolute Gasteiger partial charge is 0.379 e. The smallest absolute Gasteiger partial charge is 0.237 e. The van der Waals surface area contributed by atoms with Crippen LogP contribution in [0.25, 0.3) is 0 Å². The van der Waals surface area contributed by atoms with Gasteiger partial charge in [-0.2, -0.15) is 0 Å². The molecule has 1 amide bonds. The molecule has 0 spiro atoms. The van der Waals surface area contributed by atoms with E-state index < -0.39 is 6.23 Å². The van der Waals surface area contributed by atoms with Gasteiger partial charge in [0.25, 0.3) is 0 Å². The third kappa shape index (κ3) is 9.84. The number of aliphatic hydroxyl groups is 1. The van der Waals surface area contributed by atoms with Crippen LogP contribution in [-0.4, -0.2) is 57.5 Å². The minimum atomic E-state index is -0.487. The Hall–Kier alpha value is -0.690. The van der Waals surface area contributed by atoms with Crippen molar-refractivity contribution in [1.29, 1.82) is 0 Å². The van der Waals surface area contributed by atoms with E-state index in [1.54, 1.807) is 7.05 Å². The molecule has 0 aliphatic heterocycles. The molecule has 0 radical (unpaired) electrons. The maximum atomic E-state index is 11.9. The molecular weight excluding hydrogens is 244 g/mol. The highest BCUT2D eigenvalue weighted by atomic mass is 16.3. The monoisotopic (exact) mass is 274 g/mol. The molecule has 2 unspecified atom stereocenters. The van der Waals surface area contributed by atoms with Crippen molar-refractivity contribution >= 4 is 5.91 Å². The first kappa shape index (κ1) is 18.3. The number of nitrogens with one attached hydrogen (secondary N) is 4. The van der Waals surface area contributed by atoms with Crippen LogP contribution in [0.3, 0.4) is 0 Å². The van der Waals surface area contributed by atoms with Gasteiger partial charge >= 0.3 is 0 Å². The lowest BCUT2D eigenvalue weighted by atomic mass is 10.1. The maximum Gasteiger partial charge on any atom is 0.237 e. The molecule has 0 aromatic heterocycles. The molecule has 5 N–H and O–H groups in total. The third-order valence-electron chi connectivity index (χ3n) is 3.12. The fraction of sp³-hybridized carbons (Fsp3) is 0.923. The van der Waals surface area contributed by atoms with Gasteiger partial charge in [0.15, 0.2) is 0 Å². The average Bonchev–Trinajstić information content (AvgIpc) is 2.43. The second-order valence-electron chi connectivity index (χ2n) is 4.68. The first-order valence-corrected chi connectivity index (χ1v) is 7.10. The summed E-state index contributed by atoms with van der Waals surface area (Å²) >= 11 is 0. The Labute approximate surface area is 116 Å². The fourth-order valence-corrected chi connectivity index (χ4v) is 1.83. The van der Waals surface area contributed by atoms with Gasteiger partial charge in [-0.1, -0.05) is 6.42 Å². The zero-order valence-corrected chi connectivity index (χ0v) is 12.5. The number of hydrogen-bond acceptors (Lipinski definition) is 5. The van der Waals surface area contributed by atoms with Crippen LogP contribution in [-0.2, 0) is 4.79 Å². The first-order valence-electron chi connectivity index (χ1n) is 7.10. The highest BCUT2D eigenvalue weighted by Gasteiger charge is 2.14. The maximum absolute atomic E-state index is 11.9. The molecule has 0 fully saturated rings. The molecule has 6 heteroatoms. The SMILES string of the molecule is CNCCCCC(NC)C(=O)NCCCC(O)NC. The van der Waals surface area contributed by atoms with Gasteiger partial charge in [-0.3, -0.25) is 10.1 Å². The third-order valence-corrected chi connectivity index (χ3v) is 3.12. The molecule has 0 saturated carbocycles. The van der Waals surface area contributed by atoms with Crippen molar-refractivity contribution in [1.82, 2.24) is 21.3 Å². The van der Waals surface area contributed by atoms with Crippen LogP contribution in [0.1, 0.15) is 32.1 Å². The van der Waals surface area contributed by atoms with Crippen molar-refractivity contribution in [2.75, 3.05) is 34.2 Å². The summed E-state index contributed by atoms with van der Waals surface area (Å²) in [5.41, 5.74) is 0. The number of hydrogen-bond donors (Lipinski definition) is 5. The van der Waals surface area contributed by atoms with Gasteiger partial charge in [0, 0.05) is 6.54 Å². The van der Waals surface area contributed by atoms with Crippen LogP contribution in [0.2, 0.25) is 0 Å². The van der Waals surface area contributed by atoms with Gasteiger partial charge in [-0.15, -0.1) is 0 Å². The molecule has 19 heavy (non-hydrogen) atoms. The van der Waals surface area contributed by atoms with Crippen LogP contribution in [0.5, 0.6) is 0 Å². The Morgan fingerprint density at radius 3 is 2.32 bits per heavy atom. The lowest BCUT2D eigenvalue weighted by Gasteiger charge is -2.16. The lowest BCUT2D eigenvalue weighted by molar-refractivity contribution is -0.123. The van der Waals surface area contributed by atoms with E-state index in [0.717, 1.165) is 32.2 Å². The Balaban J connectivity index is 3.69. The summed E-state index contributed by atoms with van der Waals surface area (Å²) in [6.45, 7) is 1.59. The summed E-state index contributed by atoms with van der Waals surface area (Å²) in [5, 5.41) is 21.1. The summed E-state index contributed by atoms with van der Waals surface area (Å²) in [6, 6.07) is -0.119. The van der Waals surface area contributed by atoms with Crippen LogP contribution < -0.4 is 21.3 Å². The van der Waals surface area contributed by atoms with Crippen molar-refractivity contribution in [3.05, 3.63) is 0 Å². The molecule has 0 rings (SSSR count). The van der Waals surface area contributed by atoms with Crippen molar-refractivity contribution in [2.24, 2.45) is 0 Å². The number of aliphatic hydroxyl groups excluding tert-OH is 1. The van der Waals surface area contributed by atoms with E-state index in [9.17, 15) is 9.90 Å². The molecule has 6 nitrogen and oxygen atoms in total. The van der Waals surface area contributed by atoms with Gasteiger partial charge in [0.05, 0.1) is 6.04 Å². The summed E-state index contributed by atoms with van der Waals surface area (Å²) in [4.78, 5) is 11.9. The molecule has 0 heterocycles. The minimum Gasteiger partial charge on any atom is -0.379 e. The van der Waals surface area contributed by atoms with Crippen molar-refractivity contribution in [2.45, 2.75) is 44.4 Å². The molecule has 0 bridgehead atoms. The number of rotatable bonds is 12. The van der Waals surface area contributed by atoms with Crippen molar-refractivity contribution in [3.63, 3.8) is 0 Å². The summed E-state index contributed by atoms with van der Waals surface area (Å²) in [7, 11) is 5.46. The standard InChI is InChI=1S/C13H30N4O2/c1-14-9-5-4-7-11(15-2)13(19)17-10-6-8-12(18)16-3/h11-12,14-16,18H,4-10H2,1-3H3,(H,17,19). The Bertz CT molecular complexity index is 227. The quantitative estimate of drug-likeness (QED) is 0.242. The molecule has 2 atom stereocenters.